The molecule has 0 radical (unpaired) electrons. The van der Waals surface area contributed by atoms with E-state index < -0.39 is 41.9 Å². The summed E-state index contributed by atoms with van der Waals surface area (Å²) in [6.45, 7) is 0.235. The summed E-state index contributed by atoms with van der Waals surface area (Å²) in [5, 5.41) is 21.6. The number of benzene rings is 2. The molecule has 2 fully saturated rings. The minimum absolute atomic E-state index is 0.0224. The fourth-order valence-electron chi connectivity index (χ4n) is 3.67. The van der Waals surface area contributed by atoms with Crippen LogP contribution in [0.3, 0.4) is 0 Å². The van der Waals surface area contributed by atoms with E-state index in [0.29, 0.717) is 5.75 Å². The molecule has 1 N–H and O–H groups in total. The Morgan fingerprint density at radius 3 is 2.61 bits per heavy atom. The molecule has 0 saturated carbocycles. The van der Waals surface area contributed by atoms with E-state index in [9.17, 15) is 15.2 Å². The fraction of sp³-hybridized carbons (Fsp3) is 0.409. The molecular weight excluding hydrogens is 470 g/mol. The Morgan fingerprint density at radius 1 is 1.21 bits per heavy atom. The molecule has 2 saturated heterocycles. The minimum atomic E-state index is -1.14. The summed E-state index contributed by atoms with van der Waals surface area (Å²) in [6, 6.07) is 15.7. The van der Waals surface area contributed by atoms with Crippen molar-refractivity contribution in [2.24, 2.45) is 0 Å². The highest BCUT2D eigenvalue weighted by atomic mass is 32.2. The van der Waals surface area contributed by atoms with E-state index in [1.807, 2.05) is 30.3 Å². The van der Waals surface area contributed by atoms with Crippen LogP contribution in [0, 0.1) is 10.1 Å². The van der Waals surface area contributed by atoms with Gasteiger partial charge in [-0.25, -0.2) is 0 Å². The number of ether oxygens (including phenoxy) is 5. The largest absolute Gasteiger partial charge is 0.469 e. The SMILES string of the molecule is CO[C@H]1O[C@@H]2CO[C@@H](c3ccccc3)O[C@H]2[C@H](OC(=S)SCc2ccc([N+](=O)[O-])cc2)[C@H]1O. The lowest BCUT2D eigenvalue weighted by Gasteiger charge is -2.47. The number of nitro benzene ring substituents is 1. The van der Waals surface area contributed by atoms with Crippen LogP contribution in [-0.2, 0) is 29.4 Å². The Labute approximate surface area is 200 Å². The zero-order valence-electron chi connectivity index (χ0n) is 17.6. The quantitative estimate of drug-likeness (QED) is 0.365. The monoisotopic (exact) mass is 493 g/mol. The van der Waals surface area contributed by atoms with Gasteiger partial charge in [-0.3, -0.25) is 10.1 Å². The van der Waals surface area contributed by atoms with Crippen LogP contribution in [0.5, 0.6) is 0 Å². The number of methoxy groups -OCH3 is 1. The molecule has 2 aromatic rings. The summed E-state index contributed by atoms with van der Waals surface area (Å²) in [5.41, 5.74) is 1.71. The van der Waals surface area contributed by atoms with Crippen LogP contribution < -0.4 is 0 Å². The maximum absolute atomic E-state index is 10.8. The number of hydrogen-bond donors (Lipinski definition) is 1. The molecule has 2 aromatic carbocycles. The molecule has 33 heavy (non-hydrogen) atoms. The third-order valence-electron chi connectivity index (χ3n) is 5.35. The van der Waals surface area contributed by atoms with Gasteiger partial charge in [0.1, 0.15) is 18.3 Å². The molecule has 9 nitrogen and oxygen atoms in total. The average molecular weight is 494 g/mol. The second-order valence-corrected chi connectivity index (χ2v) is 9.07. The van der Waals surface area contributed by atoms with Gasteiger partial charge in [-0.05, 0) is 17.8 Å². The number of thioether (sulfide) groups is 1. The van der Waals surface area contributed by atoms with Crippen molar-refractivity contribution >= 4 is 34.0 Å². The fourth-order valence-corrected chi connectivity index (χ4v) is 4.62. The molecule has 0 aromatic heterocycles. The molecule has 2 aliphatic rings. The minimum Gasteiger partial charge on any atom is -0.469 e. The number of nitrogens with zero attached hydrogens (tertiary/aromatic N) is 1. The number of rotatable bonds is 6. The molecule has 0 spiro atoms. The van der Waals surface area contributed by atoms with Crippen molar-refractivity contribution in [3.63, 3.8) is 0 Å². The smallest absolute Gasteiger partial charge is 0.269 e. The maximum atomic E-state index is 10.8. The van der Waals surface area contributed by atoms with Gasteiger partial charge < -0.3 is 28.8 Å². The third-order valence-corrected chi connectivity index (χ3v) is 6.61. The van der Waals surface area contributed by atoms with Crippen molar-refractivity contribution in [3.05, 3.63) is 75.8 Å². The Kier molecular flexibility index (Phi) is 7.91. The van der Waals surface area contributed by atoms with Gasteiger partial charge in [0, 0.05) is 30.6 Å². The van der Waals surface area contributed by atoms with Crippen LogP contribution in [0.4, 0.5) is 5.69 Å². The van der Waals surface area contributed by atoms with Gasteiger partial charge in [0.05, 0.1) is 11.5 Å². The van der Waals surface area contributed by atoms with Crippen LogP contribution in [0.1, 0.15) is 17.4 Å². The predicted molar refractivity (Wildman–Crippen MR) is 124 cm³/mol. The van der Waals surface area contributed by atoms with Gasteiger partial charge in [0.2, 0.25) is 4.38 Å². The molecule has 0 aliphatic carbocycles. The number of aliphatic hydroxyl groups excluding tert-OH is 1. The van der Waals surface area contributed by atoms with E-state index in [1.54, 1.807) is 12.1 Å². The Morgan fingerprint density at radius 2 is 1.94 bits per heavy atom. The number of thiocarbonyl (C=S) groups is 1. The standard InChI is InChI=1S/C22H23NO8S2/c1-27-21-17(24)19(31-22(32)33-12-13-7-9-15(10-8-13)23(25)26)18-16(29-21)11-28-20(30-18)14-5-3-2-4-6-14/h2-10,16-21,24H,11-12H2,1H3/t16-,17-,18-,19-,20-,21+/m1/s1. The van der Waals surface area contributed by atoms with Crippen molar-refractivity contribution in [1.29, 1.82) is 0 Å². The maximum Gasteiger partial charge on any atom is 0.269 e. The van der Waals surface area contributed by atoms with E-state index in [1.165, 1.54) is 31.0 Å². The summed E-state index contributed by atoms with van der Waals surface area (Å²) < 4.78 is 29.2. The van der Waals surface area contributed by atoms with E-state index in [4.69, 9.17) is 35.9 Å². The van der Waals surface area contributed by atoms with Gasteiger partial charge in [-0.1, -0.05) is 54.2 Å². The summed E-state index contributed by atoms with van der Waals surface area (Å²) in [5.74, 6) is 0.453. The van der Waals surface area contributed by atoms with Crippen LogP contribution >= 0.6 is 24.0 Å². The summed E-state index contributed by atoms with van der Waals surface area (Å²) in [4.78, 5) is 10.4. The Bertz CT molecular complexity index is 961. The molecule has 0 amide bonds. The second-order valence-electron chi connectivity index (χ2n) is 7.49. The second kappa shape index (κ2) is 10.9. The highest BCUT2D eigenvalue weighted by molar-refractivity contribution is 8.22. The highest BCUT2D eigenvalue weighted by Gasteiger charge is 2.51. The van der Waals surface area contributed by atoms with E-state index >= 15 is 0 Å². The van der Waals surface area contributed by atoms with E-state index in [2.05, 4.69) is 0 Å². The average Bonchev–Trinajstić information content (AvgIpc) is 2.84. The van der Waals surface area contributed by atoms with Gasteiger partial charge in [-0.15, -0.1) is 0 Å². The number of aliphatic hydroxyl groups is 1. The summed E-state index contributed by atoms with van der Waals surface area (Å²) in [6.07, 6.45) is -4.66. The molecule has 0 unspecified atom stereocenters. The Hall–Kier alpha value is -2.12. The van der Waals surface area contributed by atoms with E-state index in [0.717, 1.165) is 11.1 Å². The first-order valence-electron chi connectivity index (χ1n) is 10.2. The van der Waals surface area contributed by atoms with Crippen molar-refractivity contribution in [3.8, 4) is 0 Å². The molecule has 4 rings (SSSR count). The zero-order valence-corrected chi connectivity index (χ0v) is 19.3. The van der Waals surface area contributed by atoms with Crippen molar-refractivity contribution in [2.45, 2.75) is 42.7 Å². The topological polar surface area (TPSA) is 110 Å². The van der Waals surface area contributed by atoms with Crippen LogP contribution in [0.15, 0.2) is 54.6 Å². The number of non-ortho nitro benzene ring substituents is 1. The van der Waals surface area contributed by atoms with Gasteiger partial charge >= 0.3 is 0 Å². The predicted octanol–water partition coefficient (Wildman–Crippen LogP) is 3.34. The molecule has 6 atom stereocenters. The van der Waals surface area contributed by atoms with Crippen molar-refractivity contribution in [1.82, 2.24) is 0 Å². The lowest BCUT2D eigenvalue weighted by Crippen LogP contribution is -2.63. The zero-order chi connectivity index (χ0) is 23.4. The van der Waals surface area contributed by atoms with Crippen LogP contribution in [0.2, 0.25) is 0 Å². The number of hydrogen-bond acceptors (Lipinski definition) is 10. The first-order chi connectivity index (χ1) is 16.0. The first-order valence-corrected chi connectivity index (χ1v) is 11.6. The summed E-state index contributed by atoms with van der Waals surface area (Å²) >= 11 is 6.64. The number of fused-ring (bicyclic) bond motifs is 1. The summed E-state index contributed by atoms with van der Waals surface area (Å²) in [7, 11) is 1.43. The highest BCUT2D eigenvalue weighted by Crippen LogP contribution is 2.36. The number of nitro groups is 1. The lowest BCUT2D eigenvalue weighted by molar-refractivity contribution is -0.384. The molecule has 0 bridgehead atoms. The van der Waals surface area contributed by atoms with E-state index in [-0.39, 0.29) is 16.7 Å². The van der Waals surface area contributed by atoms with Crippen molar-refractivity contribution in [2.75, 3.05) is 13.7 Å². The molecular formula is C22H23NO8S2. The van der Waals surface area contributed by atoms with Gasteiger partial charge in [0.25, 0.3) is 5.69 Å². The lowest BCUT2D eigenvalue weighted by atomic mass is 9.97. The van der Waals surface area contributed by atoms with Crippen LogP contribution in [-0.4, -0.2) is 58.8 Å². The van der Waals surface area contributed by atoms with Gasteiger partial charge in [-0.2, -0.15) is 0 Å². The van der Waals surface area contributed by atoms with Crippen LogP contribution in [0.25, 0.3) is 0 Å². The normalized spacial score (nSPS) is 29.2. The van der Waals surface area contributed by atoms with Crippen molar-refractivity contribution < 1.29 is 33.7 Å². The molecule has 176 valence electrons. The molecule has 2 heterocycles. The third kappa shape index (κ3) is 5.69. The van der Waals surface area contributed by atoms with Gasteiger partial charge in [0.15, 0.2) is 18.7 Å². The Balaban J connectivity index is 1.42. The molecule has 2 aliphatic heterocycles. The first kappa shape index (κ1) is 24.0. The molecule has 11 heteroatoms.